The predicted molar refractivity (Wildman–Crippen MR) is 167 cm³/mol. The van der Waals surface area contributed by atoms with E-state index in [1.807, 2.05) is 54.6 Å². The van der Waals surface area contributed by atoms with Gasteiger partial charge in [-0.05, 0) is 42.0 Å². The quantitative estimate of drug-likeness (QED) is 0.153. The summed E-state index contributed by atoms with van der Waals surface area (Å²) in [4.78, 5) is 27.7. The largest absolute Gasteiger partial charge is 0.321 e. The maximum absolute atomic E-state index is 15.7. The number of halogens is 1. The molecule has 5 aromatic rings. The number of carbonyl (C=O) groups excluding carboxylic acids is 2. The van der Waals surface area contributed by atoms with Crippen molar-refractivity contribution in [1.82, 2.24) is 5.32 Å². The molecule has 0 heterocycles. The number of nitrogens with one attached hydrogen (secondary N) is 2. The lowest BCUT2D eigenvalue weighted by Crippen LogP contribution is -2.33. The summed E-state index contributed by atoms with van der Waals surface area (Å²) in [6.07, 6.45) is 0. The Kier molecular flexibility index (Phi) is 8.59. The summed E-state index contributed by atoms with van der Waals surface area (Å²) in [5, 5.41) is 7.47. The number of amides is 2. The summed E-state index contributed by atoms with van der Waals surface area (Å²) >= 11 is 6.06. The fourth-order valence-corrected chi connectivity index (χ4v) is 7.60. The molecule has 0 unspecified atom stereocenters. The first-order valence-electron chi connectivity index (χ1n) is 12.9. The van der Waals surface area contributed by atoms with Gasteiger partial charge in [-0.25, -0.2) is 0 Å². The molecule has 0 aliphatic rings. The number of rotatable bonds is 8. The lowest BCUT2D eigenvalue weighted by Gasteiger charge is -2.26. The van der Waals surface area contributed by atoms with Gasteiger partial charge in [0.2, 0.25) is 0 Å². The van der Waals surface area contributed by atoms with E-state index in [1.54, 1.807) is 91.0 Å². The van der Waals surface area contributed by atoms with Gasteiger partial charge in [0.15, 0.2) is 7.14 Å². The Morgan fingerprint density at radius 2 is 1.00 bits per heavy atom. The van der Waals surface area contributed by atoms with Crippen LogP contribution in [0, 0.1) is 0 Å². The second-order valence-electron chi connectivity index (χ2n) is 9.15. The molecule has 0 aromatic heterocycles. The van der Waals surface area contributed by atoms with Crippen LogP contribution in [0.1, 0.15) is 15.9 Å². The molecule has 0 radical (unpaired) electrons. The van der Waals surface area contributed by atoms with E-state index in [0.29, 0.717) is 32.4 Å². The van der Waals surface area contributed by atoms with Crippen molar-refractivity contribution >= 4 is 52.2 Å². The fraction of sp³-hybridized carbons (Fsp3) is 0. The van der Waals surface area contributed by atoms with E-state index in [9.17, 15) is 9.59 Å². The topological polar surface area (TPSA) is 75.3 Å². The van der Waals surface area contributed by atoms with Gasteiger partial charge in [0.05, 0.1) is 5.31 Å². The van der Waals surface area contributed by atoms with Crippen LogP contribution in [0.2, 0.25) is 5.02 Å². The molecule has 0 spiro atoms. The molecule has 2 N–H and O–H groups in total. The summed E-state index contributed by atoms with van der Waals surface area (Å²) in [6.45, 7) is 0. The summed E-state index contributed by atoms with van der Waals surface area (Å²) in [5.41, 5.74) is 1.24. The minimum absolute atomic E-state index is 0.115. The third-order valence-corrected chi connectivity index (χ3v) is 9.86. The average Bonchev–Trinajstić information content (AvgIpc) is 3.03. The molecule has 0 saturated carbocycles. The monoisotopic (exact) mass is 576 g/mol. The molecular weight excluding hydrogens is 551 g/mol. The van der Waals surface area contributed by atoms with Crippen molar-refractivity contribution in [3.8, 4) is 0 Å². The van der Waals surface area contributed by atoms with Crippen LogP contribution in [0.4, 0.5) is 5.69 Å². The van der Waals surface area contributed by atoms with Gasteiger partial charge in [0.25, 0.3) is 11.8 Å². The Morgan fingerprint density at radius 1 is 0.561 bits per heavy atom. The van der Waals surface area contributed by atoms with E-state index in [-0.39, 0.29) is 11.0 Å². The highest BCUT2D eigenvalue weighted by molar-refractivity contribution is 7.87. The molecule has 0 aliphatic carbocycles. The van der Waals surface area contributed by atoms with Gasteiger partial charge < -0.3 is 15.2 Å². The third-order valence-electron chi connectivity index (χ3n) is 6.44. The van der Waals surface area contributed by atoms with E-state index in [4.69, 9.17) is 11.6 Å². The zero-order valence-electron chi connectivity index (χ0n) is 21.9. The second kappa shape index (κ2) is 12.6. The highest BCUT2D eigenvalue weighted by Gasteiger charge is 2.37. The van der Waals surface area contributed by atoms with Crippen LogP contribution in [-0.4, -0.2) is 11.8 Å². The molecule has 5 nitrogen and oxygen atoms in total. The van der Waals surface area contributed by atoms with Crippen LogP contribution in [0.15, 0.2) is 151 Å². The first-order valence-corrected chi connectivity index (χ1v) is 15.0. The maximum Gasteiger partial charge on any atom is 0.273 e. The van der Waals surface area contributed by atoms with Gasteiger partial charge in [-0.3, -0.25) is 9.59 Å². The summed E-state index contributed by atoms with van der Waals surface area (Å²) in [7, 11) is -3.74. The van der Waals surface area contributed by atoms with Crippen LogP contribution < -0.4 is 21.2 Å². The summed E-state index contributed by atoms with van der Waals surface area (Å²) in [5.74, 6) is -1.13. The van der Waals surface area contributed by atoms with Gasteiger partial charge in [-0.15, -0.1) is 0 Å². The van der Waals surface area contributed by atoms with Gasteiger partial charge in [0, 0.05) is 26.9 Å². The minimum Gasteiger partial charge on any atom is -0.321 e. The number of hydrogen-bond donors (Lipinski definition) is 2. The van der Waals surface area contributed by atoms with Crippen molar-refractivity contribution < 1.29 is 14.2 Å². The Labute approximate surface area is 243 Å². The molecule has 5 aromatic carbocycles. The van der Waals surface area contributed by atoms with Crippen molar-refractivity contribution in [1.29, 1.82) is 0 Å². The Balaban J connectivity index is 1.80. The average molecular weight is 577 g/mol. The fourth-order valence-electron chi connectivity index (χ4n) is 4.49. The van der Waals surface area contributed by atoms with Crippen molar-refractivity contribution in [2.45, 2.75) is 0 Å². The minimum atomic E-state index is -3.74. The summed E-state index contributed by atoms with van der Waals surface area (Å²) in [6, 6.07) is 42.3. The van der Waals surface area contributed by atoms with Gasteiger partial charge >= 0.3 is 0 Å². The normalized spacial score (nSPS) is 11.7. The van der Waals surface area contributed by atoms with E-state index in [2.05, 4.69) is 10.6 Å². The SMILES string of the molecule is O=C(Nc1ccc(Cl)cc1)/C(NC(=O)c1ccccc1)=C(/c1ccccc1)P(=O)(c1ccccc1)c1ccccc1. The highest BCUT2D eigenvalue weighted by Crippen LogP contribution is 2.57. The van der Waals surface area contributed by atoms with Gasteiger partial charge in [-0.1, -0.05) is 121 Å². The van der Waals surface area contributed by atoms with E-state index in [1.165, 1.54) is 0 Å². The number of carbonyl (C=O) groups is 2. The highest BCUT2D eigenvalue weighted by atomic mass is 35.5. The van der Waals surface area contributed by atoms with E-state index in [0.717, 1.165) is 0 Å². The molecule has 41 heavy (non-hydrogen) atoms. The zero-order valence-corrected chi connectivity index (χ0v) is 23.6. The van der Waals surface area contributed by atoms with Crippen molar-refractivity contribution in [2.24, 2.45) is 0 Å². The van der Waals surface area contributed by atoms with Crippen LogP contribution in [-0.2, 0) is 9.36 Å². The zero-order chi connectivity index (χ0) is 28.7. The lowest BCUT2D eigenvalue weighted by atomic mass is 10.1. The van der Waals surface area contributed by atoms with Crippen LogP contribution in [0.5, 0.6) is 0 Å². The predicted octanol–water partition coefficient (Wildman–Crippen LogP) is 7.09. The van der Waals surface area contributed by atoms with E-state index >= 15 is 4.57 Å². The van der Waals surface area contributed by atoms with Crippen molar-refractivity contribution in [2.75, 3.05) is 5.32 Å². The smallest absolute Gasteiger partial charge is 0.273 e. The molecule has 202 valence electrons. The van der Waals surface area contributed by atoms with Gasteiger partial charge in [0.1, 0.15) is 5.70 Å². The second-order valence-corrected chi connectivity index (χ2v) is 12.3. The third kappa shape index (κ3) is 6.22. The van der Waals surface area contributed by atoms with Crippen LogP contribution in [0.3, 0.4) is 0 Å². The molecule has 0 fully saturated rings. The first kappa shape index (κ1) is 27.9. The molecule has 0 saturated heterocycles. The Bertz CT molecular complexity index is 1680. The summed E-state index contributed by atoms with van der Waals surface area (Å²) < 4.78 is 15.7. The number of hydrogen-bond acceptors (Lipinski definition) is 3. The van der Waals surface area contributed by atoms with Crippen LogP contribution in [0.25, 0.3) is 5.31 Å². The Morgan fingerprint density at radius 3 is 1.49 bits per heavy atom. The molecule has 5 rings (SSSR count). The van der Waals surface area contributed by atoms with Crippen molar-refractivity contribution in [3.05, 3.63) is 167 Å². The first-order chi connectivity index (χ1) is 20.0. The Hall–Kier alpha value is -4.70. The molecular formula is C34H26ClN2O3P. The molecule has 0 aliphatic heterocycles. The lowest BCUT2D eigenvalue weighted by molar-refractivity contribution is -0.113. The molecule has 0 bridgehead atoms. The van der Waals surface area contributed by atoms with Crippen molar-refractivity contribution in [3.63, 3.8) is 0 Å². The molecule has 7 heteroatoms. The molecule has 2 amide bonds. The number of anilines is 1. The van der Waals surface area contributed by atoms with E-state index < -0.39 is 19.0 Å². The standard InChI is InChI=1S/C34H26ClN2O3P/c35-27-21-23-28(24-22-27)36-34(39)31(37-33(38)26-15-7-2-8-16-26)32(25-13-5-1-6-14-25)41(40,29-17-9-3-10-18-29)30-19-11-4-12-20-30/h1-24H,(H,36,39)(H,37,38)/b32-31+. The van der Waals surface area contributed by atoms with Crippen LogP contribution >= 0.6 is 18.7 Å². The molecule has 0 atom stereocenters. The maximum atomic E-state index is 15.7. The number of benzene rings is 5. The van der Waals surface area contributed by atoms with Gasteiger partial charge in [-0.2, -0.15) is 0 Å².